The smallest absolute Gasteiger partial charge is 0.407 e. The number of hydrogen-bond donors (Lipinski definition) is 2. The van der Waals surface area contributed by atoms with Crippen molar-refractivity contribution in [2.75, 3.05) is 34.7 Å². The lowest BCUT2D eigenvalue weighted by Crippen LogP contribution is -2.46. The number of aromatic nitrogens is 3. The highest BCUT2D eigenvalue weighted by Gasteiger charge is 2.36. The Labute approximate surface area is 248 Å². The standard InChI is InChI=1S/C32H42N8O2/c1-32(2,3)27-17-29(39(27)7)34-31(41)33-24-13-14-26(23-11-9-8-10-22(23)24)42-21-12-15-28-35-36-30(40(28)19-21)25-16-20(37(4)5)18-38(25)6/h8-12,15,17,19-20,24-26H,13-14,16,18H2,1-7H3,(H,33,41)/p+1. The van der Waals surface area contributed by atoms with E-state index in [1.54, 1.807) is 0 Å². The van der Waals surface area contributed by atoms with E-state index in [9.17, 15) is 4.79 Å². The van der Waals surface area contributed by atoms with Gasteiger partial charge in [-0.05, 0) is 63.7 Å². The van der Waals surface area contributed by atoms with Crippen LogP contribution in [-0.4, -0.2) is 81.5 Å². The van der Waals surface area contributed by atoms with E-state index in [0.717, 1.165) is 60.0 Å². The molecule has 42 heavy (non-hydrogen) atoms. The molecule has 222 valence electrons. The lowest BCUT2D eigenvalue weighted by atomic mass is 9.85. The number of benzene rings is 1. The van der Waals surface area contributed by atoms with Crippen LogP contribution >= 0.6 is 0 Å². The second-order valence-electron chi connectivity index (χ2n) is 13.1. The maximum Gasteiger partial charge on any atom is 0.407 e. The average molecular weight is 572 g/mol. The second kappa shape index (κ2) is 10.8. The molecule has 4 unspecified atom stereocenters. The normalized spacial score (nSPS) is 24.4. The minimum Gasteiger partial charge on any atom is -0.484 e. The fourth-order valence-electron chi connectivity index (χ4n) is 6.56. The number of urea groups is 1. The van der Waals surface area contributed by atoms with Crippen molar-refractivity contribution in [2.45, 2.75) is 64.3 Å². The summed E-state index contributed by atoms with van der Waals surface area (Å²) in [7, 11) is 8.41. The molecule has 4 heterocycles. The summed E-state index contributed by atoms with van der Waals surface area (Å²) in [6.45, 7) is 7.50. The van der Waals surface area contributed by atoms with Crippen molar-refractivity contribution in [3.63, 3.8) is 0 Å². The molecule has 0 bridgehead atoms. The maximum atomic E-state index is 13.0. The van der Waals surface area contributed by atoms with Gasteiger partial charge in [-0.25, -0.2) is 9.37 Å². The predicted octanol–water partition coefficient (Wildman–Crippen LogP) is 4.27. The van der Waals surface area contributed by atoms with E-state index >= 15 is 0 Å². The third kappa shape index (κ3) is 5.29. The van der Waals surface area contributed by atoms with Crippen molar-refractivity contribution < 1.29 is 14.1 Å². The highest BCUT2D eigenvalue weighted by atomic mass is 16.5. The number of carbonyl (C=O) groups is 1. The van der Waals surface area contributed by atoms with Gasteiger partial charge in [0.15, 0.2) is 11.5 Å². The number of allylic oxidation sites excluding steroid dienone is 1. The first-order valence-electron chi connectivity index (χ1n) is 14.9. The van der Waals surface area contributed by atoms with Gasteiger partial charge in [0.2, 0.25) is 0 Å². The first kappa shape index (κ1) is 28.4. The number of likely N-dealkylation sites (tertiary alicyclic amines) is 1. The Morgan fingerprint density at radius 3 is 2.55 bits per heavy atom. The molecule has 2 aliphatic heterocycles. The van der Waals surface area contributed by atoms with Crippen molar-refractivity contribution in [1.29, 1.82) is 0 Å². The molecule has 10 heteroatoms. The molecule has 2 N–H and O–H groups in total. The molecule has 0 radical (unpaired) electrons. The van der Waals surface area contributed by atoms with Crippen LogP contribution in [0.25, 0.3) is 5.65 Å². The van der Waals surface area contributed by atoms with E-state index in [0.29, 0.717) is 6.04 Å². The van der Waals surface area contributed by atoms with Crippen LogP contribution in [0.5, 0.6) is 5.75 Å². The summed E-state index contributed by atoms with van der Waals surface area (Å²) in [6, 6.07) is 12.6. The van der Waals surface area contributed by atoms with Crippen molar-refractivity contribution in [1.82, 2.24) is 35.0 Å². The third-order valence-electron chi connectivity index (χ3n) is 8.98. The van der Waals surface area contributed by atoms with Gasteiger partial charge in [0, 0.05) is 18.0 Å². The fourth-order valence-corrected chi connectivity index (χ4v) is 6.56. The Morgan fingerprint density at radius 2 is 1.86 bits per heavy atom. The second-order valence-corrected chi connectivity index (χ2v) is 13.1. The van der Waals surface area contributed by atoms with Gasteiger partial charge in [-0.2, -0.15) is 5.32 Å². The largest absolute Gasteiger partial charge is 0.484 e. The van der Waals surface area contributed by atoms with Crippen LogP contribution in [0.15, 0.2) is 54.5 Å². The third-order valence-corrected chi connectivity index (χ3v) is 8.98. The molecule has 4 atom stereocenters. The first-order valence-corrected chi connectivity index (χ1v) is 14.9. The van der Waals surface area contributed by atoms with Gasteiger partial charge >= 0.3 is 6.03 Å². The number of pyridine rings is 1. The Balaban J connectivity index is 1.16. The zero-order chi connectivity index (χ0) is 29.8. The topological polar surface area (TPSA) is 90.0 Å². The summed E-state index contributed by atoms with van der Waals surface area (Å²) < 4.78 is 10.7. The van der Waals surface area contributed by atoms with E-state index in [4.69, 9.17) is 4.74 Å². The zero-order valence-corrected chi connectivity index (χ0v) is 25.8. The molecular formula is C32H43N8O2+. The van der Waals surface area contributed by atoms with Gasteiger partial charge in [-0.1, -0.05) is 45.0 Å². The van der Waals surface area contributed by atoms with E-state index < -0.39 is 0 Å². The van der Waals surface area contributed by atoms with Crippen LogP contribution in [-0.2, 0) is 0 Å². The summed E-state index contributed by atoms with van der Waals surface area (Å²) >= 11 is 0. The van der Waals surface area contributed by atoms with E-state index in [-0.39, 0.29) is 29.6 Å². The van der Waals surface area contributed by atoms with Crippen molar-refractivity contribution in [2.24, 2.45) is 5.41 Å². The zero-order valence-electron chi connectivity index (χ0n) is 25.8. The summed E-state index contributed by atoms with van der Waals surface area (Å²) in [4.78, 5) is 17.6. The summed E-state index contributed by atoms with van der Waals surface area (Å²) in [5.41, 5.74) is 4.25. The van der Waals surface area contributed by atoms with Crippen LogP contribution in [0.1, 0.15) is 75.2 Å². The van der Waals surface area contributed by atoms with Crippen LogP contribution in [0, 0.1) is 5.41 Å². The Kier molecular flexibility index (Phi) is 7.31. The molecule has 1 aromatic carbocycles. The van der Waals surface area contributed by atoms with E-state index in [1.807, 2.05) is 48.2 Å². The molecule has 3 aliphatic rings. The van der Waals surface area contributed by atoms with Crippen molar-refractivity contribution in [3.8, 4) is 5.75 Å². The van der Waals surface area contributed by atoms with E-state index in [1.165, 1.54) is 5.71 Å². The number of ether oxygens (including phenoxy) is 1. The molecule has 1 saturated heterocycles. The predicted molar refractivity (Wildman–Crippen MR) is 163 cm³/mol. The number of hydrogen-bond acceptors (Lipinski definition) is 6. The molecule has 6 rings (SSSR count). The molecule has 2 aromatic heterocycles. The minimum absolute atomic E-state index is 0.0379. The number of carbonyl (C=O) groups excluding carboxylic acids is 1. The molecule has 0 spiro atoms. The van der Waals surface area contributed by atoms with Gasteiger partial charge in [-0.3, -0.25) is 9.30 Å². The Bertz CT molecular complexity index is 1570. The number of amides is 2. The molecule has 10 nitrogen and oxygen atoms in total. The van der Waals surface area contributed by atoms with Crippen LogP contribution in [0.4, 0.5) is 4.79 Å². The highest BCUT2D eigenvalue weighted by Crippen LogP contribution is 2.39. The van der Waals surface area contributed by atoms with Gasteiger partial charge in [0.05, 0.1) is 31.4 Å². The quantitative estimate of drug-likeness (QED) is 0.430. The van der Waals surface area contributed by atoms with Crippen LogP contribution < -0.4 is 15.4 Å². The Hall–Kier alpha value is -3.76. The number of nitrogens with zero attached hydrogens (tertiary/aromatic N) is 6. The van der Waals surface area contributed by atoms with Crippen molar-refractivity contribution >= 4 is 17.4 Å². The van der Waals surface area contributed by atoms with Crippen LogP contribution in [0.3, 0.4) is 0 Å². The number of likely N-dealkylation sites (N-methyl/N-ethyl adjacent to an activating group) is 2. The van der Waals surface area contributed by atoms with E-state index in [2.05, 4.69) is 89.1 Å². The van der Waals surface area contributed by atoms with Gasteiger partial charge in [0.1, 0.15) is 17.6 Å². The molecule has 1 aliphatic carbocycles. The van der Waals surface area contributed by atoms with Crippen molar-refractivity contribution in [3.05, 3.63) is 71.4 Å². The highest BCUT2D eigenvalue weighted by molar-refractivity contribution is 5.99. The number of rotatable bonds is 6. The average Bonchev–Trinajstić information content (AvgIpc) is 3.54. The van der Waals surface area contributed by atoms with Gasteiger partial charge < -0.3 is 15.0 Å². The lowest BCUT2D eigenvalue weighted by molar-refractivity contribution is -0.464. The molecule has 3 aromatic rings. The fraction of sp³-hybridized carbons (Fsp3) is 0.500. The minimum atomic E-state index is -0.195. The molecular weight excluding hydrogens is 528 g/mol. The summed E-state index contributed by atoms with van der Waals surface area (Å²) in [6.07, 6.45) is 6.53. The van der Waals surface area contributed by atoms with Crippen LogP contribution in [0.2, 0.25) is 0 Å². The number of nitrogens with one attached hydrogen (secondary N) is 2. The molecule has 2 amide bonds. The monoisotopic (exact) mass is 571 g/mol. The Morgan fingerprint density at radius 1 is 1.10 bits per heavy atom. The molecule has 0 saturated carbocycles. The number of fused-ring (bicyclic) bond motifs is 2. The molecule has 1 fully saturated rings. The maximum absolute atomic E-state index is 13.0. The first-order chi connectivity index (χ1) is 20.0. The van der Waals surface area contributed by atoms with Gasteiger partial charge in [0.25, 0.3) is 5.82 Å². The SMILES string of the molecule is CN(C)C1CC(c2nnc3ccc(OC4CCC(NC(=O)NC5=CC(C(C)(C)C)=[N+]5C)c5ccccc54)cn23)N(C)C1. The lowest BCUT2D eigenvalue weighted by Gasteiger charge is -2.32. The van der Waals surface area contributed by atoms with Gasteiger partial charge in [-0.15, -0.1) is 10.2 Å². The summed E-state index contributed by atoms with van der Waals surface area (Å²) in [5, 5.41) is 15.2. The summed E-state index contributed by atoms with van der Waals surface area (Å²) in [5.74, 6) is 2.54.